The molecule has 1 aliphatic rings. The van der Waals surface area contributed by atoms with Crippen LogP contribution >= 0.6 is 11.6 Å². The molecule has 6 nitrogen and oxygen atoms in total. The summed E-state index contributed by atoms with van der Waals surface area (Å²) < 4.78 is 7.14. The second-order valence-electron chi connectivity index (χ2n) is 4.72. The van der Waals surface area contributed by atoms with Crippen molar-refractivity contribution in [2.75, 3.05) is 19.6 Å². The van der Waals surface area contributed by atoms with Gasteiger partial charge in [-0.05, 0) is 23.7 Å². The predicted octanol–water partition coefficient (Wildman–Crippen LogP) is 1.45. The molecule has 3 heterocycles. The molecule has 0 saturated carbocycles. The largest absolute Gasteiger partial charge is 0.440 e. The van der Waals surface area contributed by atoms with E-state index in [-0.39, 0.29) is 22.9 Å². The molecule has 1 aliphatic heterocycles. The third kappa shape index (κ3) is 2.32. The summed E-state index contributed by atoms with van der Waals surface area (Å²) in [7, 11) is 1.92. The van der Waals surface area contributed by atoms with Crippen molar-refractivity contribution in [1.82, 2.24) is 19.8 Å². The molecule has 20 heavy (non-hydrogen) atoms. The predicted molar refractivity (Wildman–Crippen MR) is 73.6 cm³/mol. The maximum atomic E-state index is 12.5. The van der Waals surface area contributed by atoms with Crippen molar-refractivity contribution in [1.29, 1.82) is 0 Å². The molecule has 1 N–H and O–H groups in total. The Kier molecular flexibility index (Phi) is 3.50. The first kappa shape index (κ1) is 13.2. The Labute approximate surface area is 121 Å². The zero-order chi connectivity index (χ0) is 14.1. The minimum atomic E-state index is -0.161. The van der Waals surface area contributed by atoms with E-state index in [1.165, 1.54) is 0 Å². The Hall–Kier alpha value is -1.79. The highest BCUT2D eigenvalue weighted by molar-refractivity contribution is 6.29. The van der Waals surface area contributed by atoms with Gasteiger partial charge in [-0.15, -0.1) is 0 Å². The van der Waals surface area contributed by atoms with E-state index in [1.54, 1.807) is 23.2 Å². The molecule has 1 amide bonds. The quantitative estimate of drug-likeness (QED) is 0.911. The molecule has 1 fully saturated rings. The number of carbonyl (C=O) groups excluding carboxylic acids is 1. The number of nitrogens with zero attached hydrogens (tertiary/aromatic N) is 3. The standard InChI is InChI=1S/C13H15ClN4O2/c1-17-6-5-16-12(17)9-8-15-4-7-18(9)13(19)10-2-3-11(14)20-10/h2-3,5-6,9,15H,4,7-8H2,1H3. The molecule has 2 aromatic rings. The van der Waals surface area contributed by atoms with Crippen molar-refractivity contribution in [3.05, 3.63) is 41.3 Å². The lowest BCUT2D eigenvalue weighted by Gasteiger charge is -2.35. The van der Waals surface area contributed by atoms with Crippen LogP contribution in [0, 0.1) is 0 Å². The van der Waals surface area contributed by atoms with Crippen LogP contribution < -0.4 is 5.32 Å². The third-order valence-corrected chi connectivity index (χ3v) is 3.65. The second-order valence-corrected chi connectivity index (χ2v) is 5.09. The average molecular weight is 295 g/mol. The van der Waals surface area contributed by atoms with Crippen LogP contribution in [-0.4, -0.2) is 40.0 Å². The van der Waals surface area contributed by atoms with Crippen molar-refractivity contribution >= 4 is 17.5 Å². The minimum Gasteiger partial charge on any atom is -0.440 e. The summed E-state index contributed by atoms with van der Waals surface area (Å²) in [5.74, 6) is 0.950. The van der Waals surface area contributed by atoms with Crippen LogP contribution in [0.1, 0.15) is 22.4 Å². The molecule has 7 heteroatoms. The number of carbonyl (C=O) groups is 1. The molecule has 2 aromatic heterocycles. The number of rotatable bonds is 2. The lowest BCUT2D eigenvalue weighted by atomic mass is 10.1. The fourth-order valence-corrected chi connectivity index (χ4v) is 2.59. The van der Waals surface area contributed by atoms with Gasteiger partial charge in [0.2, 0.25) is 0 Å². The number of amides is 1. The fraction of sp³-hybridized carbons (Fsp3) is 0.385. The Morgan fingerprint density at radius 1 is 1.55 bits per heavy atom. The van der Waals surface area contributed by atoms with Crippen LogP contribution in [-0.2, 0) is 7.05 Å². The Bertz CT molecular complexity index is 621. The van der Waals surface area contributed by atoms with Crippen molar-refractivity contribution in [2.45, 2.75) is 6.04 Å². The van der Waals surface area contributed by atoms with Gasteiger partial charge in [-0.1, -0.05) is 0 Å². The SMILES string of the molecule is Cn1ccnc1C1CNCCN1C(=O)c1ccc(Cl)o1. The molecule has 0 radical (unpaired) electrons. The lowest BCUT2D eigenvalue weighted by molar-refractivity contribution is 0.0588. The normalized spacial score (nSPS) is 19.3. The van der Waals surface area contributed by atoms with Gasteiger partial charge in [0.15, 0.2) is 11.0 Å². The fourth-order valence-electron chi connectivity index (χ4n) is 2.45. The zero-order valence-corrected chi connectivity index (χ0v) is 11.8. The van der Waals surface area contributed by atoms with Gasteiger partial charge in [-0.2, -0.15) is 0 Å². The molecule has 1 atom stereocenters. The number of hydrogen-bond donors (Lipinski definition) is 1. The van der Waals surface area contributed by atoms with E-state index >= 15 is 0 Å². The van der Waals surface area contributed by atoms with Gasteiger partial charge in [-0.3, -0.25) is 4.79 Å². The van der Waals surface area contributed by atoms with E-state index in [9.17, 15) is 4.79 Å². The summed E-state index contributed by atoms with van der Waals surface area (Å²) in [5, 5.41) is 3.51. The number of piperazine rings is 1. The molecular weight excluding hydrogens is 280 g/mol. The van der Waals surface area contributed by atoms with Gasteiger partial charge in [-0.25, -0.2) is 4.98 Å². The highest BCUT2D eigenvalue weighted by Crippen LogP contribution is 2.24. The second kappa shape index (κ2) is 5.30. The molecule has 0 aliphatic carbocycles. The van der Waals surface area contributed by atoms with E-state index in [2.05, 4.69) is 10.3 Å². The van der Waals surface area contributed by atoms with Gasteiger partial charge in [0, 0.05) is 39.1 Å². The average Bonchev–Trinajstić information content (AvgIpc) is 3.07. The molecular formula is C13H15ClN4O2. The number of aromatic nitrogens is 2. The molecule has 106 valence electrons. The van der Waals surface area contributed by atoms with Crippen LogP contribution in [0.2, 0.25) is 5.22 Å². The first-order chi connectivity index (χ1) is 9.66. The van der Waals surface area contributed by atoms with Crippen molar-refractivity contribution in [2.24, 2.45) is 7.05 Å². The summed E-state index contributed by atoms with van der Waals surface area (Å²) in [4.78, 5) is 18.7. The zero-order valence-electron chi connectivity index (χ0n) is 11.0. The Morgan fingerprint density at radius 2 is 2.40 bits per heavy atom. The van der Waals surface area contributed by atoms with Crippen LogP contribution in [0.15, 0.2) is 28.9 Å². The number of halogens is 1. The molecule has 1 unspecified atom stereocenters. The van der Waals surface area contributed by atoms with E-state index < -0.39 is 0 Å². The van der Waals surface area contributed by atoms with Crippen LogP contribution in [0.25, 0.3) is 0 Å². The van der Waals surface area contributed by atoms with E-state index in [1.807, 2.05) is 17.8 Å². The van der Waals surface area contributed by atoms with Crippen LogP contribution in [0.3, 0.4) is 0 Å². The van der Waals surface area contributed by atoms with E-state index in [0.29, 0.717) is 13.1 Å². The number of furan rings is 1. The molecule has 0 spiro atoms. The summed E-state index contributed by atoms with van der Waals surface area (Å²) in [6.07, 6.45) is 3.60. The monoisotopic (exact) mass is 294 g/mol. The highest BCUT2D eigenvalue weighted by Gasteiger charge is 2.32. The van der Waals surface area contributed by atoms with Crippen molar-refractivity contribution < 1.29 is 9.21 Å². The maximum absolute atomic E-state index is 12.5. The van der Waals surface area contributed by atoms with Gasteiger partial charge in [0.25, 0.3) is 5.91 Å². The van der Waals surface area contributed by atoms with Gasteiger partial charge < -0.3 is 19.2 Å². The summed E-state index contributed by atoms with van der Waals surface area (Å²) in [6.45, 7) is 2.03. The lowest BCUT2D eigenvalue weighted by Crippen LogP contribution is -2.49. The molecule has 1 saturated heterocycles. The summed E-state index contributed by atoms with van der Waals surface area (Å²) >= 11 is 5.74. The molecule has 0 aromatic carbocycles. The Balaban J connectivity index is 1.89. The summed E-state index contributed by atoms with van der Waals surface area (Å²) in [5.41, 5.74) is 0. The van der Waals surface area contributed by atoms with Crippen molar-refractivity contribution in [3.63, 3.8) is 0 Å². The number of hydrogen-bond acceptors (Lipinski definition) is 4. The topological polar surface area (TPSA) is 63.3 Å². The smallest absolute Gasteiger partial charge is 0.290 e. The minimum absolute atomic E-state index is 0.111. The van der Waals surface area contributed by atoms with Crippen LogP contribution in [0.5, 0.6) is 0 Å². The van der Waals surface area contributed by atoms with Crippen LogP contribution in [0.4, 0.5) is 0 Å². The summed E-state index contributed by atoms with van der Waals surface area (Å²) in [6, 6.07) is 3.06. The van der Waals surface area contributed by atoms with Crippen molar-refractivity contribution in [3.8, 4) is 0 Å². The number of imidazole rings is 1. The van der Waals surface area contributed by atoms with Gasteiger partial charge in [0.05, 0.1) is 0 Å². The molecule has 0 bridgehead atoms. The first-order valence-corrected chi connectivity index (χ1v) is 6.79. The third-order valence-electron chi connectivity index (χ3n) is 3.44. The first-order valence-electron chi connectivity index (χ1n) is 6.41. The van der Waals surface area contributed by atoms with Gasteiger partial charge in [0.1, 0.15) is 11.9 Å². The highest BCUT2D eigenvalue weighted by atomic mass is 35.5. The van der Waals surface area contributed by atoms with Gasteiger partial charge >= 0.3 is 0 Å². The number of aryl methyl sites for hydroxylation is 1. The maximum Gasteiger partial charge on any atom is 0.290 e. The molecule has 3 rings (SSSR count). The Morgan fingerprint density at radius 3 is 3.05 bits per heavy atom. The van der Waals surface area contributed by atoms with E-state index in [4.69, 9.17) is 16.0 Å². The van der Waals surface area contributed by atoms with E-state index in [0.717, 1.165) is 12.4 Å². The number of nitrogens with one attached hydrogen (secondary N) is 1.